The van der Waals surface area contributed by atoms with Crippen molar-refractivity contribution < 1.29 is 17.4 Å². The molecule has 0 heterocycles. The molecule has 1 atom stereocenters. The number of amides is 1. The molecule has 94 valence electrons. The van der Waals surface area contributed by atoms with Crippen LogP contribution in [0.3, 0.4) is 0 Å². The predicted octanol–water partition coefficient (Wildman–Crippen LogP) is 1.17. The zero-order valence-electron chi connectivity index (χ0n) is 9.95. The van der Waals surface area contributed by atoms with Crippen LogP contribution in [0.25, 0.3) is 0 Å². The van der Waals surface area contributed by atoms with Gasteiger partial charge in [0.1, 0.15) is 0 Å². The molecule has 0 fully saturated rings. The number of nitrogens with one attached hydrogen (secondary N) is 1. The van der Waals surface area contributed by atoms with Gasteiger partial charge in [-0.25, -0.2) is 0 Å². The van der Waals surface area contributed by atoms with Gasteiger partial charge >= 0.3 is 0 Å². The van der Waals surface area contributed by atoms with Gasteiger partial charge in [0.25, 0.3) is 10.1 Å². The maximum absolute atomic E-state index is 11.8. The lowest BCUT2D eigenvalue weighted by molar-refractivity contribution is -0.117. The molecule has 0 rings (SSSR count). The Morgan fingerprint density at radius 1 is 1.50 bits per heavy atom. The van der Waals surface area contributed by atoms with Crippen molar-refractivity contribution in [1.82, 2.24) is 5.32 Å². The summed E-state index contributed by atoms with van der Waals surface area (Å²) in [5.74, 6) is -0.534. The molecule has 0 aromatic rings. The summed E-state index contributed by atoms with van der Waals surface area (Å²) in [4.78, 5) is 9.75. The fraction of sp³-hybridized carbons (Fsp3) is 0.700. The summed E-state index contributed by atoms with van der Waals surface area (Å²) in [5.41, 5.74) is 0. The summed E-state index contributed by atoms with van der Waals surface area (Å²) in [6.07, 6.45) is 1.84. The van der Waals surface area contributed by atoms with Crippen LogP contribution < -0.4 is 5.32 Å². The third kappa shape index (κ3) is 3.61. The Bertz CT molecular complexity index is 350. The molecule has 0 bridgehead atoms. The van der Waals surface area contributed by atoms with Crippen molar-refractivity contribution in [3.05, 3.63) is 12.7 Å². The van der Waals surface area contributed by atoms with Crippen LogP contribution in [0, 0.1) is 0 Å². The maximum atomic E-state index is 11.8. The van der Waals surface area contributed by atoms with Crippen molar-refractivity contribution in [2.24, 2.45) is 0 Å². The van der Waals surface area contributed by atoms with E-state index in [-0.39, 0.29) is 13.0 Å². The standard InChI is InChI=1S/C10H19NO4S/c1-5-8-15-16(13,14)10(4,7-3)11-9(12)6-2/h6H,2,5,7-8H2,1,3-4H3,(H,11,12). The summed E-state index contributed by atoms with van der Waals surface area (Å²) in [6.45, 7) is 8.27. The molecule has 1 amide bonds. The summed E-state index contributed by atoms with van der Waals surface area (Å²) in [7, 11) is -3.82. The van der Waals surface area contributed by atoms with Crippen molar-refractivity contribution in [1.29, 1.82) is 0 Å². The van der Waals surface area contributed by atoms with E-state index in [1.54, 1.807) is 13.8 Å². The lowest BCUT2D eigenvalue weighted by Crippen LogP contribution is -2.51. The minimum Gasteiger partial charge on any atom is -0.332 e. The zero-order chi connectivity index (χ0) is 12.8. The first-order chi connectivity index (χ1) is 7.33. The molecule has 1 unspecified atom stereocenters. The Morgan fingerprint density at radius 3 is 2.44 bits per heavy atom. The van der Waals surface area contributed by atoms with Gasteiger partial charge in [-0.05, 0) is 25.8 Å². The normalized spacial score (nSPS) is 15.2. The van der Waals surface area contributed by atoms with Crippen LogP contribution in [0.4, 0.5) is 0 Å². The molecule has 16 heavy (non-hydrogen) atoms. The molecule has 0 aromatic carbocycles. The smallest absolute Gasteiger partial charge is 0.291 e. The minimum atomic E-state index is -3.82. The molecule has 5 nitrogen and oxygen atoms in total. The van der Waals surface area contributed by atoms with E-state index in [1.807, 2.05) is 0 Å². The van der Waals surface area contributed by atoms with Gasteiger partial charge in [0.05, 0.1) is 6.61 Å². The van der Waals surface area contributed by atoms with E-state index in [2.05, 4.69) is 11.9 Å². The van der Waals surface area contributed by atoms with Gasteiger partial charge in [-0.2, -0.15) is 8.42 Å². The van der Waals surface area contributed by atoms with Crippen LogP contribution in [0.15, 0.2) is 12.7 Å². The SMILES string of the molecule is C=CC(=O)NC(C)(CC)S(=O)(=O)OCCC. The fourth-order valence-corrected chi connectivity index (χ4v) is 2.19. The van der Waals surface area contributed by atoms with E-state index < -0.39 is 20.9 Å². The first-order valence-electron chi connectivity index (χ1n) is 5.16. The largest absolute Gasteiger partial charge is 0.332 e. The molecule has 0 aliphatic rings. The molecule has 0 saturated heterocycles. The van der Waals surface area contributed by atoms with E-state index in [0.717, 1.165) is 6.08 Å². The zero-order valence-corrected chi connectivity index (χ0v) is 10.8. The van der Waals surface area contributed by atoms with E-state index >= 15 is 0 Å². The van der Waals surface area contributed by atoms with Gasteiger partial charge < -0.3 is 5.32 Å². The molecule has 0 aromatic heterocycles. The first-order valence-corrected chi connectivity index (χ1v) is 6.57. The van der Waals surface area contributed by atoms with Crippen molar-refractivity contribution >= 4 is 16.0 Å². The van der Waals surface area contributed by atoms with E-state index in [1.165, 1.54) is 6.92 Å². The number of rotatable bonds is 7. The summed E-state index contributed by atoms with van der Waals surface area (Å²) in [6, 6.07) is 0. The monoisotopic (exact) mass is 249 g/mol. The third-order valence-corrected chi connectivity index (χ3v) is 4.21. The molecule has 0 radical (unpaired) electrons. The summed E-state index contributed by atoms with van der Waals surface area (Å²) >= 11 is 0. The second-order valence-corrected chi connectivity index (χ2v) is 5.60. The molecular weight excluding hydrogens is 230 g/mol. The van der Waals surface area contributed by atoms with E-state index in [4.69, 9.17) is 4.18 Å². The Morgan fingerprint density at radius 2 is 2.06 bits per heavy atom. The van der Waals surface area contributed by atoms with Crippen LogP contribution >= 0.6 is 0 Å². The highest BCUT2D eigenvalue weighted by molar-refractivity contribution is 7.88. The highest BCUT2D eigenvalue weighted by Gasteiger charge is 2.39. The fourth-order valence-electron chi connectivity index (χ4n) is 0.962. The summed E-state index contributed by atoms with van der Waals surface area (Å²) in [5, 5.41) is 2.37. The molecule has 6 heteroatoms. The topological polar surface area (TPSA) is 72.5 Å². The van der Waals surface area contributed by atoms with E-state index in [0.29, 0.717) is 6.42 Å². The van der Waals surface area contributed by atoms with Gasteiger partial charge in [0.2, 0.25) is 5.91 Å². The Labute approximate surface area is 97.0 Å². The number of hydrogen-bond acceptors (Lipinski definition) is 4. The van der Waals surface area contributed by atoms with Gasteiger partial charge in [-0.15, -0.1) is 0 Å². The molecule has 0 saturated carbocycles. The average molecular weight is 249 g/mol. The highest BCUT2D eigenvalue weighted by atomic mass is 32.2. The number of hydrogen-bond donors (Lipinski definition) is 1. The van der Waals surface area contributed by atoms with Gasteiger partial charge in [0.15, 0.2) is 4.87 Å². The van der Waals surface area contributed by atoms with Crippen LogP contribution in [0.5, 0.6) is 0 Å². The van der Waals surface area contributed by atoms with Crippen molar-refractivity contribution in [3.8, 4) is 0 Å². The highest BCUT2D eigenvalue weighted by Crippen LogP contribution is 2.20. The molecule has 0 aliphatic heterocycles. The second kappa shape index (κ2) is 6.00. The quantitative estimate of drug-likeness (QED) is 0.543. The Kier molecular flexibility index (Phi) is 5.67. The lowest BCUT2D eigenvalue weighted by atomic mass is 10.2. The number of carbonyl (C=O) groups excluding carboxylic acids is 1. The van der Waals surface area contributed by atoms with Crippen LogP contribution in [-0.4, -0.2) is 25.8 Å². The first kappa shape index (κ1) is 15.1. The molecule has 0 spiro atoms. The van der Waals surface area contributed by atoms with Gasteiger partial charge in [-0.3, -0.25) is 8.98 Å². The van der Waals surface area contributed by atoms with Crippen LogP contribution in [-0.2, 0) is 19.1 Å². The van der Waals surface area contributed by atoms with Crippen LogP contribution in [0.1, 0.15) is 33.6 Å². The second-order valence-electron chi connectivity index (χ2n) is 3.55. The van der Waals surface area contributed by atoms with Crippen molar-refractivity contribution in [2.75, 3.05) is 6.61 Å². The van der Waals surface area contributed by atoms with Crippen molar-refractivity contribution in [2.45, 2.75) is 38.5 Å². The summed E-state index contributed by atoms with van der Waals surface area (Å²) < 4.78 is 28.4. The predicted molar refractivity (Wildman–Crippen MR) is 62.2 cm³/mol. The Balaban J connectivity index is 4.93. The van der Waals surface area contributed by atoms with Gasteiger partial charge in [0, 0.05) is 0 Å². The molecule has 0 aliphatic carbocycles. The van der Waals surface area contributed by atoms with Gasteiger partial charge in [-0.1, -0.05) is 20.4 Å². The van der Waals surface area contributed by atoms with Crippen LogP contribution in [0.2, 0.25) is 0 Å². The lowest BCUT2D eigenvalue weighted by Gasteiger charge is -2.27. The van der Waals surface area contributed by atoms with E-state index in [9.17, 15) is 13.2 Å². The minimum absolute atomic E-state index is 0.113. The average Bonchev–Trinajstić information content (AvgIpc) is 2.25. The number of carbonyl (C=O) groups is 1. The van der Waals surface area contributed by atoms with Crippen molar-refractivity contribution in [3.63, 3.8) is 0 Å². The third-order valence-electron chi connectivity index (χ3n) is 2.24. The molecular formula is C10H19NO4S. The maximum Gasteiger partial charge on any atom is 0.291 e. The molecule has 1 N–H and O–H groups in total. The Hall–Kier alpha value is -0.880.